The van der Waals surface area contributed by atoms with E-state index in [1.807, 2.05) is 150 Å². The smallest absolute Gasteiger partial charge is 0.489 e. The molecule has 0 radical (unpaired) electrons. The predicted molar refractivity (Wildman–Crippen MR) is 494 cm³/mol. The number of hydrogen-bond donors (Lipinski definition) is 2. The monoisotopic (exact) mass is 1940 g/mol. The van der Waals surface area contributed by atoms with E-state index in [4.69, 9.17) is 121 Å². The number of rotatable bonds is 13. The van der Waals surface area contributed by atoms with E-state index >= 15 is 0 Å². The zero-order valence-corrected chi connectivity index (χ0v) is 79.7. The van der Waals surface area contributed by atoms with E-state index in [9.17, 15) is 20.2 Å². The average Bonchev–Trinajstić information content (AvgIpc) is 1.60. The first-order valence-electron chi connectivity index (χ1n) is 42.2. The lowest BCUT2D eigenvalue weighted by Gasteiger charge is -2.32. The van der Waals surface area contributed by atoms with Gasteiger partial charge in [0, 0.05) is 105 Å². The fourth-order valence-electron chi connectivity index (χ4n) is 13.0. The van der Waals surface area contributed by atoms with Crippen LogP contribution in [0.3, 0.4) is 0 Å². The third-order valence-corrected chi connectivity index (χ3v) is 24.2. The molecule has 8 fully saturated rings. The normalized spacial score (nSPS) is 18.9. The number of nitrogens with zero attached hydrogens (tertiary/aromatic N) is 10. The molecule has 8 saturated heterocycles. The number of halogens is 6. The average molecular weight is 1940 g/mol. The molecule has 128 heavy (non-hydrogen) atoms. The molecule has 0 atom stereocenters. The maximum absolute atomic E-state index is 12.5. The SMILES string of the molecule is CC1(C)OB(B2OC(C)(C)C(C)(C)O2)OC1(C)C.CC1(C)OB(c2ccc(OC3CCOCC3)c(C#N)c2)OC1(C)C.CNc1nccc(-c2ccc(OC3CCOCC3)c(C#N)c2)n1.Clc1ccnc(Cl)n1.N#Cc1cc(-c2ccnc(Cl)c2)ccc1OC1CCOCC1.N#Cc1cc(Br)ccc1F.N#Cc1cc(Br)ccc1OC1CCOCC1.OC1CCOCC1. The Hall–Kier alpha value is -8.67. The van der Waals surface area contributed by atoms with E-state index < -0.39 is 38.2 Å². The van der Waals surface area contributed by atoms with Gasteiger partial charge in [-0.3, -0.25) is 0 Å². The molecule has 678 valence electrons. The minimum atomic E-state index is -0.481. The molecule has 0 unspecified atom stereocenters. The summed E-state index contributed by atoms with van der Waals surface area (Å²) in [6.07, 6.45) is 13.8. The van der Waals surface area contributed by atoms with E-state index in [1.165, 1.54) is 18.3 Å². The van der Waals surface area contributed by atoms with Crippen LogP contribution in [0.1, 0.15) is 175 Å². The number of ether oxygens (including phenoxy) is 9. The molecule has 2 N–H and O–H groups in total. The van der Waals surface area contributed by atoms with E-state index in [0.29, 0.717) is 106 Å². The molecule has 16 rings (SSSR count). The van der Waals surface area contributed by atoms with Crippen molar-refractivity contribution in [3.05, 3.63) is 192 Å². The summed E-state index contributed by atoms with van der Waals surface area (Å²) in [7, 11) is 0.344. The van der Waals surface area contributed by atoms with Gasteiger partial charge in [-0.2, -0.15) is 26.3 Å². The lowest BCUT2D eigenvalue weighted by Crippen LogP contribution is -2.41. The van der Waals surface area contributed by atoms with Gasteiger partial charge in [0.05, 0.1) is 126 Å². The Morgan fingerprint density at radius 3 is 1.13 bits per heavy atom. The van der Waals surface area contributed by atoms with E-state index in [1.54, 1.807) is 61.9 Å². The molecule has 5 aromatic carbocycles. The molecule has 0 bridgehead atoms. The van der Waals surface area contributed by atoms with E-state index in [2.05, 4.69) is 86.4 Å². The van der Waals surface area contributed by atoms with Crippen LogP contribution in [0.4, 0.5) is 10.3 Å². The predicted octanol–water partition coefficient (Wildman–Crippen LogP) is 18.4. The van der Waals surface area contributed by atoms with Gasteiger partial charge in [-0.15, -0.1) is 0 Å². The van der Waals surface area contributed by atoms with Crippen LogP contribution in [0, 0.1) is 62.5 Å². The highest BCUT2D eigenvalue weighted by molar-refractivity contribution is 9.10. The number of aliphatic hydroxyl groups is 1. The van der Waals surface area contributed by atoms with Crippen molar-refractivity contribution in [2.45, 2.75) is 211 Å². The van der Waals surface area contributed by atoms with E-state index in [-0.39, 0.29) is 63.8 Å². The molecule has 8 aromatic rings. The largest absolute Gasteiger partial charge is 0.494 e. The second kappa shape index (κ2) is 49.0. The molecule has 0 spiro atoms. The van der Waals surface area contributed by atoms with E-state index in [0.717, 1.165) is 123 Å². The number of nitrogens with one attached hydrogen (secondary N) is 1. The van der Waals surface area contributed by atoms with Crippen molar-refractivity contribution >= 4 is 99.2 Å². The molecule has 27 nitrogen and oxygen atoms in total. The minimum absolute atomic E-state index is 0.0642. The van der Waals surface area contributed by atoms with Gasteiger partial charge in [0.1, 0.15) is 93.9 Å². The second-order valence-electron chi connectivity index (χ2n) is 33.4. The van der Waals surface area contributed by atoms with Crippen molar-refractivity contribution in [2.75, 3.05) is 78.4 Å². The summed E-state index contributed by atoms with van der Waals surface area (Å²) < 4.78 is 100. The quantitative estimate of drug-likeness (QED) is 0.0468. The lowest BCUT2D eigenvalue weighted by molar-refractivity contribution is 0.00578. The highest BCUT2D eigenvalue weighted by Crippen LogP contribution is 2.44. The maximum atomic E-state index is 12.5. The Kier molecular flexibility index (Phi) is 39.5. The van der Waals surface area contributed by atoms with Crippen LogP contribution in [0.15, 0.2) is 143 Å². The molecule has 8 aliphatic rings. The van der Waals surface area contributed by atoms with Crippen LogP contribution < -0.4 is 29.7 Å². The second-order valence-corrected chi connectivity index (χ2v) is 36.4. The van der Waals surface area contributed by atoms with Gasteiger partial charge < -0.3 is 81.0 Å². The first-order chi connectivity index (χ1) is 61.0. The Balaban J connectivity index is 0.000000170. The topological polar surface area (TPSA) is 354 Å². The Morgan fingerprint density at radius 2 is 0.750 bits per heavy atom. The molecule has 0 amide bonds. The van der Waals surface area contributed by atoms with Gasteiger partial charge in [-0.1, -0.05) is 67.2 Å². The third-order valence-electron chi connectivity index (χ3n) is 22.6. The zero-order valence-electron chi connectivity index (χ0n) is 74.3. The van der Waals surface area contributed by atoms with Crippen LogP contribution >= 0.6 is 66.7 Å². The van der Waals surface area contributed by atoms with Crippen molar-refractivity contribution in [3.63, 3.8) is 0 Å². The third kappa shape index (κ3) is 30.7. The van der Waals surface area contributed by atoms with Gasteiger partial charge >= 0.3 is 21.1 Å². The van der Waals surface area contributed by atoms with Crippen LogP contribution in [-0.2, 0) is 51.6 Å². The fraction of sp³-hybridized carbons (Fsp3) is 0.478. The number of hydrogen-bond acceptors (Lipinski definition) is 27. The summed E-state index contributed by atoms with van der Waals surface area (Å²) in [6.45, 7) is 31.5. The van der Waals surface area contributed by atoms with Gasteiger partial charge in [-0.05, 0) is 227 Å². The summed E-state index contributed by atoms with van der Waals surface area (Å²) in [5.74, 6) is 2.58. The molecular formula is C92H108B3Br2Cl3FN11O16. The molecule has 0 saturated carbocycles. The Morgan fingerprint density at radius 1 is 0.398 bits per heavy atom. The van der Waals surface area contributed by atoms with Crippen molar-refractivity contribution in [3.8, 4) is 75.7 Å². The maximum Gasteiger partial charge on any atom is 0.494 e. The van der Waals surface area contributed by atoms with Crippen LogP contribution in [0.2, 0.25) is 15.6 Å². The van der Waals surface area contributed by atoms with Crippen LogP contribution in [-0.4, -0.2) is 188 Å². The number of nitriles is 5. The highest BCUT2D eigenvalue weighted by Gasteiger charge is 2.64. The van der Waals surface area contributed by atoms with Gasteiger partial charge in [-0.25, -0.2) is 29.3 Å². The summed E-state index contributed by atoms with van der Waals surface area (Å²) in [5.41, 5.74) is 4.24. The number of pyridine rings is 1. The van der Waals surface area contributed by atoms with Crippen LogP contribution in [0.25, 0.3) is 22.4 Å². The molecular weight excluding hydrogens is 1830 g/mol. The number of benzene rings is 5. The van der Waals surface area contributed by atoms with Crippen LogP contribution in [0.5, 0.6) is 23.0 Å². The van der Waals surface area contributed by atoms with Gasteiger partial charge in [0.2, 0.25) is 11.2 Å². The van der Waals surface area contributed by atoms with Crippen molar-refractivity contribution < 1.29 is 80.1 Å². The number of anilines is 1. The van der Waals surface area contributed by atoms with Gasteiger partial charge in [0.25, 0.3) is 0 Å². The molecule has 8 aliphatic heterocycles. The summed E-state index contributed by atoms with van der Waals surface area (Å²) in [5, 5.41) is 58.3. The standard InChI is InChI=1S/C18H24BNO4.C17H15ClN2O2.C17H18N4O2.C12H24B2O4.C12H12BrNO2.C7H3BrFN.C5H10O2.C4H2Cl2N2/c1-17(2)18(3,4)24-19(23-17)14-5-6-16(13(11-14)12-20)22-15-7-9-21-10-8-15;18-17-10-13(3-6-20-17)12-1-2-16(14(9-12)11-19)22-15-4-7-21-8-5-15;1-19-17-20-7-4-15(21-17)12-2-3-16(13(10-12)11-18)23-14-5-8-22-9-6-14;1-9(2)10(3,4)16-13(15-9)14-17-11(5,6)12(7,8)18-14;13-10-1-2-12(9(7-10)8-14)16-11-3-5-15-6-4-11;8-6-1-2-7(9)5(3-6)4-10;6-5-1-3-7-4-2-5;5-3-1-2-7-4(6)8-3/h5-6,11,15H,7-10H2,1-4H3;1-3,6,9-10,15H,4-5,7-8H2;2-4,7,10,14H,5-6,8-9H2,1H3,(H,19,20,21);1-8H3;1-2,7,11H,3-6H2;1-3H;5-6H,1-4H2;1-2H. The lowest BCUT2D eigenvalue weighted by atomic mass is 9.49. The molecule has 11 heterocycles. The minimum Gasteiger partial charge on any atom is -0.489 e. The molecule has 0 aliphatic carbocycles. The number of aliphatic hydroxyl groups excluding tert-OH is 1. The molecule has 36 heteroatoms. The Labute approximate surface area is 782 Å². The zero-order chi connectivity index (χ0) is 92.8. The Bertz CT molecular complexity index is 5070. The van der Waals surface area contributed by atoms with Crippen molar-refractivity contribution in [2.24, 2.45) is 0 Å². The highest BCUT2D eigenvalue weighted by atomic mass is 79.9. The summed E-state index contributed by atoms with van der Waals surface area (Å²) in [4.78, 5) is 19.7. The van der Waals surface area contributed by atoms with Crippen molar-refractivity contribution in [1.29, 1.82) is 26.3 Å². The summed E-state index contributed by atoms with van der Waals surface area (Å²) >= 11 is 23.1. The first kappa shape index (κ1) is 103. The van der Waals surface area contributed by atoms with Gasteiger partial charge in [0.15, 0.2) is 0 Å². The summed E-state index contributed by atoms with van der Waals surface area (Å²) in [6, 6.07) is 44.0. The fourth-order valence-corrected chi connectivity index (χ4v) is 14.3. The first-order valence-corrected chi connectivity index (χ1v) is 44.9. The van der Waals surface area contributed by atoms with Crippen molar-refractivity contribution in [1.82, 2.24) is 24.9 Å². The molecule has 3 aromatic heterocycles. The number of aromatic nitrogens is 5.